The molecule has 7 heteroatoms. The molecule has 0 bridgehead atoms. The largest absolute Gasteiger partial charge is 0.452 e. The van der Waals surface area contributed by atoms with Gasteiger partial charge in [0.2, 0.25) is 5.89 Å². The van der Waals surface area contributed by atoms with Crippen molar-refractivity contribution in [1.29, 1.82) is 0 Å². The molecule has 0 radical (unpaired) electrons. The van der Waals surface area contributed by atoms with Gasteiger partial charge in [0.15, 0.2) is 6.61 Å². The van der Waals surface area contributed by atoms with Crippen molar-refractivity contribution in [1.82, 2.24) is 10.2 Å². The Balaban J connectivity index is 1.55. The van der Waals surface area contributed by atoms with Gasteiger partial charge in [0, 0.05) is 16.7 Å². The van der Waals surface area contributed by atoms with E-state index in [0.29, 0.717) is 22.0 Å². The van der Waals surface area contributed by atoms with Crippen molar-refractivity contribution in [2.24, 2.45) is 0 Å². The van der Waals surface area contributed by atoms with Crippen molar-refractivity contribution in [2.75, 3.05) is 0 Å². The molecular weight excluding hydrogens is 347 g/mol. The van der Waals surface area contributed by atoms with Gasteiger partial charge in [-0.15, -0.1) is 10.2 Å². The highest BCUT2D eigenvalue weighted by Gasteiger charge is 2.10. The van der Waals surface area contributed by atoms with Crippen LogP contribution in [0.4, 0.5) is 4.39 Å². The first-order chi connectivity index (χ1) is 12.1. The van der Waals surface area contributed by atoms with E-state index in [9.17, 15) is 9.18 Å². The van der Waals surface area contributed by atoms with Crippen molar-refractivity contribution < 1.29 is 18.3 Å². The van der Waals surface area contributed by atoms with Gasteiger partial charge in [0.25, 0.3) is 5.89 Å². The van der Waals surface area contributed by atoms with Crippen LogP contribution < -0.4 is 0 Å². The molecule has 25 heavy (non-hydrogen) atoms. The van der Waals surface area contributed by atoms with E-state index in [1.54, 1.807) is 36.4 Å². The summed E-state index contributed by atoms with van der Waals surface area (Å²) in [6.45, 7) is -0.146. The maximum absolute atomic E-state index is 12.8. The minimum absolute atomic E-state index is 0.146. The number of carbonyl (C=O) groups is 1. The number of carbonyl (C=O) groups excluding carboxylic acids is 1. The molecule has 0 aliphatic rings. The summed E-state index contributed by atoms with van der Waals surface area (Å²) < 4.78 is 23.2. The van der Waals surface area contributed by atoms with E-state index in [1.165, 1.54) is 24.3 Å². The van der Waals surface area contributed by atoms with Crippen LogP contribution in [0.25, 0.3) is 17.5 Å². The van der Waals surface area contributed by atoms with Gasteiger partial charge in [-0.2, -0.15) is 0 Å². The molecule has 0 aliphatic heterocycles. The summed E-state index contributed by atoms with van der Waals surface area (Å²) in [5.74, 6) is -0.429. The SMILES string of the molecule is O=C(C=Cc1ccc(F)cc1)OCc1nnc(-c2ccc(Cl)cc2)o1. The van der Waals surface area contributed by atoms with Crippen LogP contribution >= 0.6 is 11.6 Å². The molecular formula is C18H12ClFN2O3. The highest BCUT2D eigenvalue weighted by Crippen LogP contribution is 2.20. The third-order valence-corrected chi connectivity index (χ3v) is 3.43. The summed E-state index contributed by atoms with van der Waals surface area (Å²) in [6.07, 6.45) is 2.76. The lowest BCUT2D eigenvalue weighted by Crippen LogP contribution is -2.00. The van der Waals surface area contributed by atoms with E-state index < -0.39 is 5.97 Å². The second kappa shape index (κ2) is 7.72. The van der Waals surface area contributed by atoms with E-state index in [0.717, 1.165) is 0 Å². The molecule has 5 nitrogen and oxygen atoms in total. The van der Waals surface area contributed by atoms with Crippen LogP contribution in [0, 0.1) is 5.82 Å². The third-order valence-electron chi connectivity index (χ3n) is 3.18. The second-order valence-electron chi connectivity index (χ2n) is 5.00. The monoisotopic (exact) mass is 358 g/mol. The number of hydrogen-bond acceptors (Lipinski definition) is 5. The highest BCUT2D eigenvalue weighted by atomic mass is 35.5. The highest BCUT2D eigenvalue weighted by molar-refractivity contribution is 6.30. The normalized spacial score (nSPS) is 11.0. The molecule has 2 aromatic carbocycles. The lowest BCUT2D eigenvalue weighted by Gasteiger charge is -1.98. The van der Waals surface area contributed by atoms with Crippen LogP contribution in [0.5, 0.6) is 0 Å². The first-order valence-electron chi connectivity index (χ1n) is 7.29. The van der Waals surface area contributed by atoms with Crippen molar-refractivity contribution >= 4 is 23.6 Å². The van der Waals surface area contributed by atoms with Crippen molar-refractivity contribution in [3.05, 3.63) is 76.9 Å². The van der Waals surface area contributed by atoms with E-state index in [4.69, 9.17) is 20.8 Å². The van der Waals surface area contributed by atoms with Gasteiger partial charge >= 0.3 is 5.97 Å². The summed E-state index contributed by atoms with van der Waals surface area (Å²) >= 11 is 5.82. The second-order valence-corrected chi connectivity index (χ2v) is 5.44. The first-order valence-corrected chi connectivity index (χ1v) is 7.67. The van der Waals surface area contributed by atoms with E-state index in [-0.39, 0.29) is 18.3 Å². The third kappa shape index (κ3) is 4.74. The minimum atomic E-state index is -0.574. The Kier molecular flexibility index (Phi) is 5.20. The van der Waals surface area contributed by atoms with Gasteiger partial charge in [0.05, 0.1) is 0 Å². The number of ether oxygens (including phenoxy) is 1. The van der Waals surface area contributed by atoms with Crippen molar-refractivity contribution in [2.45, 2.75) is 6.61 Å². The zero-order valence-corrected chi connectivity index (χ0v) is 13.6. The number of rotatable bonds is 5. The molecule has 0 amide bonds. The number of benzene rings is 2. The van der Waals surface area contributed by atoms with Crippen LogP contribution in [-0.4, -0.2) is 16.2 Å². The maximum Gasteiger partial charge on any atom is 0.331 e. The summed E-state index contributed by atoms with van der Waals surface area (Å²) in [5.41, 5.74) is 1.40. The molecule has 1 heterocycles. The molecule has 0 spiro atoms. The fourth-order valence-corrected chi connectivity index (χ4v) is 2.07. The van der Waals surface area contributed by atoms with E-state index >= 15 is 0 Å². The van der Waals surface area contributed by atoms with Gasteiger partial charge in [-0.05, 0) is 48.0 Å². The molecule has 0 saturated carbocycles. The van der Waals surface area contributed by atoms with Gasteiger partial charge in [-0.1, -0.05) is 23.7 Å². The Bertz CT molecular complexity index is 889. The summed E-state index contributed by atoms with van der Waals surface area (Å²) in [7, 11) is 0. The molecule has 0 N–H and O–H groups in total. The number of hydrogen-bond donors (Lipinski definition) is 0. The zero-order valence-electron chi connectivity index (χ0n) is 12.9. The predicted molar refractivity (Wildman–Crippen MR) is 90.0 cm³/mol. The molecule has 1 aromatic heterocycles. The van der Waals surface area contributed by atoms with Crippen LogP contribution in [0.15, 0.2) is 59.0 Å². The number of halogens is 2. The Labute approximate surface area is 147 Å². The van der Waals surface area contributed by atoms with Gasteiger partial charge < -0.3 is 9.15 Å². The number of nitrogens with zero attached hydrogens (tertiary/aromatic N) is 2. The van der Waals surface area contributed by atoms with Crippen LogP contribution in [-0.2, 0) is 16.1 Å². The maximum atomic E-state index is 12.8. The van der Waals surface area contributed by atoms with Gasteiger partial charge in [-0.3, -0.25) is 0 Å². The molecule has 3 rings (SSSR count). The lowest BCUT2D eigenvalue weighted by molar-refractivity contribution is -0.139. The molecule has 0 atom stereocenters. The van der Waals surface area contributed by atoms with E-state index in [1.807, 2.05) is 0 Å². The fourth-order valence-electron chi connectivity index (χ4n) is 1.94. The number of aromatic nitrogens is 2. The van der Waals surface area contributed by atoms with Crippen LogP contribution in [0.1, 0.15) is 11.5 Å². The predicted octanol–water partition coefficient (Wildman–Crippen LogP) is 4.29. The Morgan fingerprint density at radius 2 is 1.84 bits per heavy atom. The fraction of sp³-hybridized carbons (Fsp3) is 0.0556. The Morgan fingerprint density at radius 1 is 1.12 bits per heavy atom. The van der Waals surface area contributed by atoms with Crippen molar-refractivity contribution in [3.8, 4) is 11.5 Å². The zero-order chi connectivity index (χ0) is 17.6. The van der Waals surface area contributed by atoms with Crippen LogP contribution in [0.3, 0.4) is 0 Å². The standard InChI is InChI=1S/C18H12ClFN2O3/c19-14-6-4-13(5-7-14)18-22-21-16(25-18)11-24-17(23)10-3-12-1-8-15(20)9-2-12/h1-10H,11H2. The lowest BCUT2D eigenvalue weighted by atomic mass is 10.2. The van der Waals surface area contributed by atoms with E-state index in [2.05, 4.69) is 10.2 Å². The average molecular weight is 359 g/mol. The van der Waals surface area contributed by atoms with Gasteiger partial charge in [0.1, 0.15) is 5.82 Å². The molecule has 0 fully saturated rings. The topological polar surface area (TPSA) is 65.2 Å². The molecule has 0 unspecified atom stereocenters. The molecule has 126 valence electrons. The first kappa shape index (κ1) is 16.9. The summed E-state index contributed by atoms with van der Waals surface area (Å²) in [6, 6.07) is 12.6. The number of esters is 1. The average Bonchev–Trinajstić information content (AvgIpc) is 3.09. The summed E-state index contributed by atoms with van der Waals surface area (Å²) in [5, 5.41) is 8.32. The minimum Gasteiger partial charge on any atom is -0.452 e. The molecule has 0 aliphatic carbocycles. The van der Waals surface area contributed by atoms with Crippen LogP contribution in [0.2, 0.25) is 5.02 Å². The Morgan fingerprint density at radius 3 is 2.56 bits per heavy atom. The summed E-state index contributed by atoms with van der Waals surface area (Å²) in [4.78, 5) is 11.7. The van der Waals surface area contributed by atoms with Gasteiger partial charge in [-0.25, -0.2) is 9.18 Å². The Hall–Kier alpha value is -2.99. The molecule has 0 saturated heterocycles. The smallest absolute Gasteiger partial charge is 0.331 e. The quantitative estimate of drug-likeness (QED) is 0.503. The molecule has 3 aromatic rings. The van der Waals surface area contributed by atoms with Crippen molar-refractivity contribution in [3.63, 3.8) is 0 Å².